The Morgan fingerprint density at radius 1 is 1.29 bits per heavy atom. The molecule has 0 spiro atoms. The summed E-state index contributed by atoms with van der Waals surface area (Å²) >= 11 is 0. The molecule has 0 aliphatic rings. The van der Waals surface area contributed by atoms with Crippen LogP contribution in [0.2, 0.25) is 0 Å². The summed E-state index contributed by atoms with van der Waals surface area (Å²) in [5.74, 6) is 1.45. The van der Waals surface area contributed by atoms with Crippen LogP contribution >= 0.6 is 0 Å². The van der Waals surface area contributed by atoms with E-state index < -0.39 is 0 Å². The predicted octanol–water partition coefficient (Wildman–Crippen LogP) is 2.39. The zero-order chi connectivity index (χ0) is 10.6. The number of methoxy groups -OCH3 is 1. The molecule has 0 aromatic heterocycles. The summed E-state index contributed by atoms with van der Waals surface area (Å²) < 4.78 is 5.15. The molecule has 78 valence electrons. The molecule has 0 aliphatic heterocycles. The number of hydrogen-bond donors (Lipinski definition) is 1. The zero-order valence-corrected chi connectivity index (χ0v) is 9.08. The molecular weight excluding hydrogens is 176 g/mol. The second-order valence-corrected chi connectivity index (χ2v) is 3.89. The summed E-state index contributed by atoms with van der Waals surface area (Å²) in [4.78, 5) is 0. The number of benzene rings is 1. The number of aliphatic hydroxyl groups excluding tert-OH is 1. The van der Waals surface area contributed by atoms with Crippen molar-refractivity contribution in [2.45, 2.75) is 26.9 Å². The fraction of sp³-hybridized carbons (Fsp3) is 0.500. The Bertz CT molecular complexity index is 292. The highest BCUT2D eigenvalue weighted by atomic mass is 16.5. The Morgan fingerprint density at radius 2 is 2.00 bits per heavy atom. The lowest BCUT2D eigenvalue weighted by Gasteiger charge is -2.11. The van der Waals surface area contributed by atoms with Crippen LogP contribution in [0, 0.1) is 5.92 Å². The van der Waals surface area contributed by atoms with E-state index >= 15 is 0 Å². The summed E-state index contributed by atoms with van der Waals surface area (Å²) in [6, 6.07) is 5.82. The van der Waals surface area contributed by atoms with E-state index in [1.54, 1.807) is 7.11 Å². The fourth-order valence-electron chi connectivity index (χ4n) is 1.51. The Kier molecular flexibility index (Phi) is 3.96. The first-order valence-corrected chi connectivity index (χ1v) is 4.94. The molecule has 0 radical (unpaired) electrons. The van der Waals surface area contributed by atoms with Crippen molar-refractivity contribution in [3.8, 4) is 5.75 Å². The number of hydrogen-bond acceptors (Lipinski definition) is 2. The molecule has 1 aromatic rings. The summed E-state index contributed by atoms with van der Waals surface area (Å²) in [5.41, 5.74) is 2.18. The van der Waals surface area contributed by atoms with E-state index in [2.05, 4.69) is 13.8 Å². The average molecular weight is 194 g/mol. The standard InChI is InChI=1S/C12H18O2/c1-9(2)6-11-7-12(14-3)5-4-10(11)8-13/h4-5,7,9,13H,6,8H2,1-3H3. The SMILES string of the molecule is COc1ccc(CO)c(CC(C)C)c1. The van der Waals surface area contributed by atoms with Gasteiger partial charge in [-0.15, -0.1) is 0 Å². The van der Waals surface area contributed by atoms with Crippen molar-refractivity contribution in [2.24, 2.45) is 5.92 Å². The highest BCUT2D eigenvalue weighted by Crippen LogP contribution is 2.20. The molecule has 1 aromatic carbocycles. The molecule has 0 unspecified atom stereocenters. The highest BCUT2D eigenvalue weighted by Gasteiger charge is 2.05. The summed E-state index contributed by atoms with van der Waals surface area (Å²) in [6.45, 7) is 4.44. The Balaban J connectivity index is 2.96. The van der Waals surface area contributed by atoms with Gasteiger partial charge in [0.25, 0.3) is 0 Å². The van der Waals surface area contributed by atoms with Gasteiger partial charge >= 0.3 is 0 Å². The van der Waals surface area contributed by atoms with Crippen LogP contribution in [0.15, 0.2) is 18.2 Å². The summed E-state index contributed by atoms with van der Waals surface area (Å²) in [6.07, 6.45) is 0.979. The molecule has 14 heavy (non-hydrogen) atoms. The van der Waals surface area contributed by atoms with E-state index in [1.165, 1.54) is 5.56 Å². The lowest BCUT2D eigenvalue weighted by atomic mass is 9.98. The molecular formula is C12H18O2. The van der Waals surface area contributed by atoms with Gasteiger partial charge in [-0.25, -0.2) is 0 Å². The van der Waals surface area contributed by atoms with Gasteiger partial charge < -0.3 is 9.84 Å². The minimum absolute atomic E-state index is 0.103. The quantitative estimate of drug-likeness (QED) is 0.797. The van der Waals surface area contributed by atoms with Crippen LogP contribution in [0.5, 0.6) is 5.75 Å². The van der Waals surface area contributed by atoms with Gasteiger partial charge in [0.2, 0.25) is 0 Å². The molecule has 0 atom stereocenters. The monoisotopic (exact) mass is 194 g/mol. The topological polar surface area (TPSA) is 29.5 Å². The van der Waals surface area contributed by atoms with Gasteiger partial charge in [-0.1, -0.05) is 19.9 Å². The predicted molar refractivity (Wildman–Crippen MR) is 57.5 cm³/mol. The number of rotatable bonds is 4. The third kappa shape index (κ3) is 2.74. The van der Waals surface area contributed by atoms with Gasteiger partial charge in [0.05, 0.1) is 13.7 Å². The largest absolute Gasteiger partial charge is 0.497 e. The van der Waals surface area contributed by atoms with E-state index in [-0.39, 0.29) is 6.61 Å². The van der Waals surface area contributed by atoms with Crippen molar-refractivity contribution < 1.29 is 9.84 Å². The number of ether oxygens (including phenoxy) is 1. The molecule has 0 saturated carbocycles. The van der Waals surface area contributed by atoms with Crippen LogP contribution in [0.3, 0.4) is 0 Å². The molecule has 1 N–H and O–H groups in total. The maximum Gasteiger partial charge on any atom is 0.119 e. The molecule has 0 bridgehead atoms. The van der Waals surface area contributed by atoms with Crippen LogP contribution in [0.4, 0.5) is 0 Å². The van der Waals surface area contributed by atoms with Crippen molar-refractivity contribution in [1.82, 2.24) is 0 Å². The van der Waals surface area contributed by atoms with Crippen molar-refractivity contribution in [3.05, 3.63) is 29.3 Å². The van der Waals surface area contributed by atoms with Gasteiger partial charge in [-0.3, -0.25) is 0 Å². The fourth-order valence-corrected chi connectivity index (χ4v) is 1.51. The van der Waals surface area contributed by atoms with Crippen LogP contribution in [-0.2, 0) is 13.0 Å². The summed E-state index contributed by atoms with van der Waals surface area (Å²) in [5, 5.41) is 9.15. The molecule has 1 rings (SSSR count). The average Bonchev–Trinajstić information content (AvgIpc) is 2.16. The first-order valence-electron chi connectivity index (χ1n) is 4.94. The van der Waals surface area contributed by atoms with Crippen LogP contribution < -0.4 is 4.74 Å². The van der Waals surface area contributed by atoms with E-state index in [1.807, 2.05) is 18.2 Å². The maximum atomic E-state index is 9.15. The van der Waals surface area contributed by atoms with Gasteiger partial charge in [-0.2, -0.15) is 0 Å². The smallest absolute Gasteiger partial charge is 0.119 e. The van der Waals surface area contributed by atoms with E-state index in [0.29, 0.717) is 5.92 Å². The van der Waals surface area contributed by atoms with Crippen molar-refractivity contribution in [1.29, 1.82) is 0 Å². The Labute approximate surface area is 85.5 Å². The van der Waals surface area contributed by atoms with Crippen molar-refractivity contribution >= 4 is 0 Å². The second kappa shape index (κ2) is 5.01. The third-order valence-electron chi connectivity index (χ3n) is 2.21. The van der Waals surface area contributed by atoms with Crippen LogP contribution in [-0.4, -0.2) is 12.2 Å². The normalized spacial score (nSPS) is 10.6. The Morgan fingerprint density at radius 3 is 2.50 bits per heavy atom. The van der Waals surface area contributed by atoms with Gasteiger partial charge in [-0.05, 0) is 35.6 Å². The van der Waals surface area contributed by atoms with Crippen LogP contribution in [0.1, 0.15) is 25.0 Å². The highest BCUT2D eigenvalue weighted by molar-refractivity contribution is 5.35. The first-order chi connectivity index (χ1) is 6.67. The van der Waals surface area contributed by atoms with Gasteiger partial charge in [0.15, 0.2) is 0 Å². The minimum atomic E-state index is 0.103. The van der Waals surface area contributed by atoms with E-state index in [9.17, 15) is 0 Å². The van der Waals surface area contributed by atoms with Crippen LogP contribution in [0.25, 0.3) is 0 Å². The third-order valence-corrected chi connectivity index (χ3v) is 2.21. The van der Waals surface area contributed by atoms with Gasteiger partial charge in [0.1, 0.15) is 5.75 Å². The molecule has 0 amide bonds. The molecule has 0 aliphatic carbocycles. The van der Waals surface area contributed by atoms with Crippen molar-refractivity contribution in [3.63, 3.8) is 0 Å². The van der Waals surface area contributed by atoms with E-state index in [4.69, 9.17) is 9.84 Å². The molecule has 2 nitrogen and oxygen atoms in total. The molecule has 2 heteroatoms. The maximum absolute atomic E-state index is 9.15. The Hall–Kier alpha value is -1.02. The van der Waals surface area contributed by atoms with Crippen molar-refractivity contribution in [2.75, 3.05) is 7.11 Å². The lowest BCUT2D eigenvalue weighted by Crippen LogP contribution is -2.00. The summed E-state index contributed by atoms with van der Waals surface area (Å²) in [7, 11) is 1.66. The van der Waals surface area contributed by atoms with E-state index in [0.717, 1.165) is 17.7 Å². The number of aliphatic hydroxyl groups is 1. The molecule has 0 heterocycles. The first kappa shape index (κ1) is 11.1. The lowest BCUT2D eigenvalue weighted by molar-refractivity contribution is 0.280. The minimum Gasteiger partial charge on any atom is -0.497 e. The zero-order valence-electron chi connectivity index (χ0n) is 9.08. The molecule has 0 fully saturated rings. The second-order valence-electron chi connectivity index (χ2n) is 3.89. The van der Waals surface area contributed by atoms with Gasteiger partial charge in [0, 0.05) is 0 Å². The molecule has 0 saturated heterocycles.